The fourth-order valence-electron chi connectivity index (χ4n) is 9.69. The van der Waals surface area contributed by atoms with E-state index in [-0.39, 0.29) is 41.1 Å². The van der Waals surface area contributed by atoms with Crippen molar-refractivity contribution in [2.24, 2.45) is 0 Å². The van der Waals surface area contributed by atoms with Gasteiger partial charge >= 0.3 is 0 Å². The van der Waals surface area contributed by atoms with Crippen molar-refractivity contribution in [2.75, 3.05) is 50.7 Å². The second-order valence-electron chi connectivity index (χ2n) is 16.1. The van der Waals surface area contributed by atoms with Gasteiger partial charge in [-0.2, -0.15) is 30.7 Å². The maximum Gasteiger partial charge on any atom is 0.228 e. The first kappa shape index (κ1) is 38.4. The van der Waals surface area contributed by atoms with Crippen molar-refractivity contribution in [3.8, 4) is 12.1 Å². The molecule has 18 heteroatoms. The summed E-state index contributed by atoms with van der Waals surface area (Å²) in [4.78, 5) is 28.3. The minimum absolute atomic E-state index is 0.142. The van der Waals surface area contributed by atoms with Gasteiger partial charge in [0.1, 0.15) is 34.9 Å². The molecule has 6 aliphatic rings. The summed E-state index contributed by atoms with van der Waals surface area (Å²) in [6.07, 6.45) is 12.5. The van der Waals surface area contributed by atoms with Gasteiger partial charge in [0.2, 0.25) is 11.2 Å². The molecule has 4 saturated heterocycles. The fourth-order valence-corrected chi connectivity index (χ4v) is 9.82. The van der Waals surface area contributed by atoms with E-state index < -0.39 is 0 Å². The zero-order chi connectivity index (χ0) is 41.6. The van der Waals surface area contributed by atoms with Gasteiger partial charge in [-0.1, -0.05) is 12.1 Å². The van der Waals surface area contributed by atoms with Crippen LogP contribution in [0.25, 0.3) is 0 Å². The average molecular weight is 840 g/mol. The number of hydrogen-bond donors (Lipinski definition) is 2. The van der Waals surface area contributed by atoms with E-state index in [9.17, 15) is 19.3 Å². The SMILES string of the molecule is N#Cc1cnc(Cl)nc1N1C[C@@H]2C[C@H]1CN2c1cccc(F)c1.N#Cc1cnc(N2Cc3cn[nH]c3C2)nc1N1C[C@@H]2C[C@H]1CN2c1cccc(F)c1.c1n[nH]c2c1CCC2. The van der Waals surface area contributed by atoms with Crippen molar-refractivity contribution in [3.63, 3.8) is 0 Å². The zero-order valence-electron chi connectivity index (χ0n) is 33.0. The minimum Gasteiger partial charge on any atom is -0.365 e. The Morgan fingerprint density at radius 3 is 1.75 bits per heavy atom. The van der Waals surface area contributed by atoms with E-state index in [0.717, 1.165) is 61.7 Å². The molecule has 0 amide bonds. The van der Waals surface area contributed by atoms with Crippen molar-refractivity contribution < 1.29 is 8.78 Å². The number of aryl methyl sites for hydroxylation is 2. The van der Waals surface area contributed by atoms with E-state index in [0.29, 0.717) is 41.8 Å². The third-order valence-corrected chi connectivity index (χ3v) is 12.7. The molecule has 12 rings (SSSR count). The molecule has 0 unspecified atom stereocenters. The first-order chi connectivity index (χ1) is 29.8. The Labute approximate surface area is 355 Å². The maximum absolute atomic E-state index is 13.7. The molecule has 0 spiro atoms. The number of nitrogens with one attached hydrogen (secondary N) is 2. The largest absolute Gasteiger partial charge is 0.365 e. The molecular weight excluding hydrogens is 800 g/mol. The number of aromatic nitrogens is 8. The highest BCUT2D eigenvalue weighted by atomic mass is 35.5. The lowest BCUT2D eigenvalue weighted by Gasteiger charge is -2.36. The number of halogens is 3. The number of rotatable bonds is 5. The van der Waals surface area contributed by atoms with E-state index in [1.807, 2.05) is 24.5 Å². The van der Waals surface area contributed by atoms with Crippen molar-refractivity contribution in [1.29, 1.82) is 10.5 Å². The molecule has 2 aromatic carbocycles. The van der Waals surface area contributed by atoms with Gasteiger partial charge < -0.3 is 24.5 Å². The standard InChI is InChI=1S/C21H19FN8.C16H13ClFN5.C6H8N2/c22-15-2-1-3-16(4-15)29-10-18-5-17(29)11-30(18)20-13(6-23)7-24-21(26-20)28-9-14-8-25-27-19(14)12-28;17-16-20-7-10(6-19)15(21-16)23-9-13-5-14(23)8-22(13)12-3-1-2-11(18)4-12;1-2-5-4-7-8-6(5)3-1/h1-4,7-8,17-18H,5,9-12H2,(H,25,27);1-4,7,13-14H,5,8-9H2;4H,1-3H2,(H,7,8)/t17-,18-;13-,14-;/m00./s1. The lowest BCUT2D eigenvalue weighted by atomic mass is 10.2. The molecular formula is C43H40ClF2N15. The van der Waals surface area contributed by atoms with Crippen LogP contribution in [0, 0.1) is 34.3 Å². The van der Waals surface area contributed by atoms with Crippen LogP contribution in [0.15, 0.2) is 73.3 Å². The lowest BCUT2D eigenvalue weighted by molar-refractivity contribution is 0.617. The molecule has 4 fully saturated rings. The summed E-state index contributed by atoms with van der Waals surface area (Å²) in [6, 6.07) is 18.8. The van der Waals surface area contributed by atoms with Crippen LogP contribution in [0.4, 0.5) is 37.7 Å². The van der Waals surface area contributed by atoms with Crippen LogP contribution in [-0.2, 0) is 25.9 Å². The van der Waals surface area contributed by atoms with E-state index >= 15 is 0 Å². The first-order valence-corrected chi connectivity index (χ1v) is 20.7. The second-order valence-corrected chi connectivity index (χ2v) is 16.5. The maximum atomic E-state index is 13.7. The number of H-pyrrole nitrogens is 2. The van der Waals surface area contributed by atoms with Crippen LogP contribution >= 0.6 is 11.6 Å². The second kappa shape index (κ2) is 16.0. The van der Waals surface area contributed by atoms with Crippen molar-refractivity contribution in [1.82, 2.24) is 40.3 Å². The van der Waals surface area contributed by atoms with Gasteiger partial charge in [0, 0.05) is 67.4 Å². The Bertz CT molecular complexity index is 2630. The number of piperazine rings is 2. The molecule has 9 heterocycles. The van der Waals surface area contributed by atoms with Crippen LogP contribution in [0.1, 0.15) is 52.9 Å². The normalized spacial score (nSPS) is 21.4. The number of benzene rings is 2. The van der Waals surface area contributed by atoms with Gasteiger partial charge in [0.05, 0.1) is 49.1 Å². The number of nitriles is 2. The molecule has 5 aliphatic heterocycles. The highest BCUT2D eigenvalue weighted by Gasteiger charge is 2.46. The number of anilines is 5. The summed E-state index contributed by atoms with van der Waals surface area (Å²) in [6.45, 7) is 4.45. The third-order valence-electron chi connectivity index (χ3n) is 12.5. The van der Waals surface area contributed by atoms with Crippen molar-refractivity contribution in [2.45, 2.75) is 69.4 Å². The third kappa shape index (κ3) is 7.39. The van der Waals surface area contributed by atoms with Crippen molar-refractivity contribution in [3.05, 3.63) is 124 Å². The van der Waals surface area contributed by atoms with Crippen LogP contribution in [0.5, 0.6) is 0 Å². The fraction of sp³-hybridized carbons (Fsp3) is 0.349. The molecule has 4 bridgehead atoms. The Morgan fingerprint density at radius 1 is 0.639 bits per heavy atom. The summed E-state index contributed by atoms with van der Waals surface area (Å²) in [5.74, 6) is 1.47. The van der Waals surface area contributed by atoms with E-state index in [4.69, 9.17) is 16.6 Å². The predicted molar refractivity (Wildman–Crippen MR) is 224 cm³/mol. The van der Waals surface area contributed by atoms with Crippen LogP contribution in [0.2, 0.25) is 5.28 Å². The summed E-state index contributed by atoms with van der Waals surface area (Å²) >= 11 is 5.89. The minimum atomic E-state index is -0.225. The monoisotopic (exact) mass is 839 g/mol. The van der Waals surface area contributed by atoms with Gasteiger partial charge in [-0.25, -0.2) is 18.7 Å². The van der Waals surface area contributed by atoms with Gasteiger partial charge in [0.25, 0.3) is 0 Å². The van der Waals surface area contributed by atoms with Gasteiger partial charge in [0.15, 0.2) is 11.6 Å². The molecule has 1 aliphatic carbocycles. The molecule has 4 aromatic heterocycles. The van der Waals surface area contributed by atoms with Gasteiger partial charge in [-0.3, -0.25) is 10.2 Å². The van der Waals surface area contributed by atoms with Crippen molar-refractivity contribution >= 4 is 40.6 Å². The number of hydrogen-bond acceptors (Lipinski definition) is 13. The Morgan fingerprint density at radius 2 is 1.20 bits per heavy atom. The van der Waals surface area contributed by atoms with E-state index in [1.165, 1.54) is 48.8 Å². The molecule has 308 valence electrons. The first-order valence-electron chi connectivity index (χ1n) is 20.4. The molecule has 6 aromatic rings. The Balaban J connectivity index is 0.000000126. The highest BCUT2D eigenvalue weighted by Crippen LogP contribution is 2.40. The summed E-state index contributed by atoms with van der Waals surface area (Å²) < 4.78 is 27.1. The predicted octanol–water partition coefficient (Wildman–Crippen LogP) is 5.70. The molecule has 2 N–H and O–H groups in total. The van der Waals surface area contributed by atoms with E-state index in [2.05, 4.69) is 72.0 Å². The molecule has 0 saturated carbocycles. The summed E-state index contributed by atoms with van der Waals surface area (Å²) in [7, 11) is 0. The summed E-state index contributed by atoms with van der Waals surface area (Å²) in [5.41, 5.74) is 7.74. The topological polar surface area (TPSA) is 173 Å². The van der Waals surface area contributed by atoms with Crippen LogP contribution in [0.3, 0.4) is 0 Å². The Kier molecular flexibility index (Phi) is 10.0. The van der Waals surface area contributed by atoms with Gasteiger partial charge in [-0.05, 0) is 85.7 Å². The molecule has 15 nitrogen and oxygen atoms in total. The number of fused-ring (bicyclic) bond motifs is 6. The zero-order valence-corrected chi connectivity index (χ0v) is 33.7. The number of aromatic amines is 2. The highest BCUT2D eigenvalue weighted by molar-refractivity contribution is 6.28. The molecule has 0 radical (unpaired) electrons. The Hall–Kier alpha value is -6.85. The number of nitrogens with zero attached hydrogens (tertiary/aromatic N) is 13. The van der Waals surface area contributed by atoms with E-state index in [1.54, 1.807) is 30.5 Å². The smallest absolute Gasteiger partial charge is 0.228 e. The summed E-state index contributed by atoms with van der Waals surface area (Å²) in [5, 5.41) is 33.0. The lowest BCUT2D eigenvalue weighted by Crippen LogP contribution is -2.47. The van der Waals surface area contributed by atoms with Crippen LogP contribution < -0.4 is 24.5 Å². The van der Waals surface area contributed by atoms with Crippen LogP contribution in [-0.4, -0.2) is 90.7 Å². The molecule has 4 atom stereocenters. The average Bonchev–Trinajstić information content (AvgIpc) is 4.13. The molecule has 61 heavy (non-hydrogen) atoms. The quantitative estimate of drug-likeness (QED) is 0.203. The van der Waals surface area contributed by atoms with Gasteiger partial charge in [-0.15, -0.1) is 0 Å².